The van der Waals surface area contributed by atoms with E-state index in [2.05, 4.69) is 36.5 Å². The minimum Gasteiger partial charge on any atom is -0.378 e. The summed E-state index contributed by atoms with van der Waals surface area (Å²) in [4.78, 5) is 22.5. The summed E-state index contributed by atoms with van der Waals surface area (Å²) in [5, 5.41) is 9.38. The lowest BCUT2D eigenvalue weighted by atomic mass is 10.1. The topological polar surface area (TPSA) is 86.9 Å². The van der Waals surface area contributed by atoms with E-state index in [1.54, 1.807) is 24.3 Å². The lowest BCUT2D eigenvalue weighted by Gasteiger charge is -2.35. The van der Waals surface area contributed by atoms with Crippen LogP contribution in [0.1, 0.15) is 23.1 Å². The third-order valence-electron chi connectivity index (χ3n) is 4.32. The van der Waals surface area contributed by atoms with E-state index in [9.17, 15) is 4.79 Å². The highest BCUT2D eigenvalue weighted by atomic mass is 32.1. The first-order valence-electron chi connectivity index (χ1n) is 8.16. The molecule has 0 spiro atoms. The third-order valence-corrected chi connectivity index (χ3v) is 5.21. The molecule has 0 saturated carbocycles. The zero-order chi connectivity index (χ0) is 17.2. The lowest BCUT2D eigenvalue weighted by molar-refractivity contribution is -0.0143. The first-order chi connectivity index (χ1) is 12.2. The molecule has 1 aliphatic heterocycles. The van der Waals surface area contributed by atoms with Crippen LogP contribution in [0, 0.1) is 6.92 Å². The van der Waals surface area contributed by atoms with Crippen molar-refractivity contribution in [3.8, 4) is 10.6 Å². The van der Waals surface area contributed by atoms with Gasteiger partial charge in [-0.15, -0.1) is 11.3 Å². The third kappa shape index (κ3) is 3.41. The van der Waals surface area contributed by atoms with Crippen LogP contribution in [0.2, 0.25) is 0 Å². The quantitative estimate of drug-likeness (QED) is 0.747. The number of nitrogens with zero attached hydrogens (tertiary/aromatic N) is 3. The van der Waals surface area contributed by atoms with Gasteiger partial charge in [-0.2, -0.15) is 5.10 Å². The van der Waals surface area contributed by atoms with Gasteiger partial charge in [0.25, 0.3) is 5.56 Å². The van der Waals surface area contributed by atoms with Crippen LogP contribution in [0.15, 0.2) is 34.6 Å². The Balaban J connectivity index is 1.62. The number of hydrogen-bond acceptors (Lipinski definition) is 6. The molecule has 4 heterocycles. The minimum atomic E-state index is -0.129. The molecule has 0 bridgehead atoms. The van der Waals surface area contributed by atoms with Crippen molar-refractivity contribution in [1.29, 1.82) is 0 Å². The van der Waals surface area contributed by atoms with Crippen LogP contribution >= 0.6 is 11.3 Å². The normalized spacial score (nSPS) is 18.5. The number of rotatable bonds is 4. The number of aromatic nitrogens is 4. The van der Waals surface area contributed by atoms with Crippen molar-refractivity contribution in [3.63, 3.8) is 0 Å². The Bertz CT molecular complexity index is 902. The molecule has 0 unspecified atom stereocenters. The molecule has 3 aromatic heterocycles. The highest BCUT2D eigenvalue weighted by molar-refractivity contribution is 7.13. The molecule has 0 aliphatic carbocycles. The Morgan fingerprint density at radius 2 is 2.40 bits per heavy atom. The summed E-state index contributed by atoms with van der Waals surface area (Å²) < 4.78 is 5.65. The number of aromatic amines is 2. The maximum atomic E-state index is 11.8. The molecule has 2 N–H and O–H groups in total. The standard InChI is InChI=1S/C17H19N5O2S/c1-11-19-13(7-16(23)20-11)14-10-24-5-4-22(14)9-12-8-18-21-17(12)15-3-2-6-25-15/h2-3,6-8,14H,4-5,9-10H2,1H3,(H,18,21)(H,19,20,23)/t14-/m0/s1. The average molecular weight is 357 g/mol. The van der Waals surface area contributed by atoms with Crippen LogP contribution in [0.3, 0.4) is 0 Å². The summed E-state index contributed by atoms with van der Waals surface area (Å²) in [6.45, 7) is 4.51. The molecule has 3 aromatic rings. The van der Waals surface area contributed by atoms with Gasteiger partial charge in [-0.3, -0.25) is 14.8 Å². The van der Waals surface area contributed by atoms with E-state index >= 15 is 0 Å². The molecule has 1 saturated heterocycles. The van der Waals surface area contributed by atoms with Crippen LogP contribution in [-0.2, 0) is 11.3 Å². The predicted octanol–water partition coefficient (Wildman–Crippen LogP) is 2.10. The van der Waals surface area contributed by atoms with Crippen LogP contribution in [-0.4, -0.2) is 44.8 Å². The molecule has 7 nitrogen and oxygen atoms in total. The maximum absolute atomic E-state index is 11.8. The summed E-state index contributed by atoms with van der Waals surface area (Å²) in [5.41, 5.74) is 2.81. The molecule has 0 aromatic carbocycles. The van der Waals surface area contributed by atoms with Crippen molar-refractivity contribution in [1.82, 2.24) is 25.1 Å². The van der Waals surface area contributed by atoms with Gasteiger partial charge in [-0.25, -0.2) is 4.98 Å². The zero-order valence-electron chi connectivity index (χ0n) is 13.9. The van der Waals surface area contributed by atoms with Crippen molar-refractivity contribution in [2.24, 2.45) is 0 Å². The van der Waals surface area contributed by atoms with E-state index in [0.717, 1.165) is 30.0 Å². The highest BCUT2D eigenvalue weighted by Crippen LogP contribution is 2.29. The fourth-order valence-corrected chi connectivity index (χ4v) is 3.91. The molecule has 4 rings (SSSR count). The Morgan fingerprint density at radius 1 is 1.48 bits per heavy atom. The minimum absolute atomic E-state index is 0.0409. The molecule has 0 radical (unpaired) electrons. The van der Waals surface area contributed by atoms with Crippen molar-refractivity contribution in [3.05, 3.63) is 57.2 Å². The second-order valence-electron chi connectivity index (χ2n) is 6.06. The van der Waals surface area contributed by atoms with Crippen molar-refractivity contribution in [2.45, 2.75) is 19.5 Å². The van der Waals surface area contributed by atoms with Crippen LogP contribution < -0.4 is 5.56 Å². The summed E-state index contributed by atoms with van der Waals surface area (Å²) in [5.74, 6) is 0.621. The molecular weight excluding hydrogens is 338 g/mol. The van der Waals surface area contributed by atoms with Gasteiger partial charge in [0.2, 0.25) is 0 Å². The van der Waals surface area contributed by atoms with Gasteiger partial charge < -0.3 is 9.72 Å². The van der Waals surface area contributed by atoms with E-state index in [4.69, 9.17) is 4.74 Å². The summed E-state index contributed by atoms with van der Waals surface area (Å²) in [6.07, 6.45) is 1.87. The van der Waals surface area contributed by atoms with Gasteiger partial charge >= 0.3 is 0 Å². The van der Waals surface area contributed by atoms with E-state index in [1.165, 1.54) is 4.88 Å². The molecule has 1 aliphatic rings. The highest BCUT2D eigenvalue weighted by Gasteiger charge is 2.27. The van der Waals surface area contributed by atoms with Gasteiger partial charge in [0.15, 0.2) is 0 Å². The number of hydrogen-bond donors (Lipinski definition) is 2. The average Bonchev–Trinajstić information content (AvgIpc) is 3.25. The van der Waals surface area contributed by atoms with Crippen LogP contribution in [0.25, 0.3) is 10.6 Å². The van der Waals surface area contributed by atoms with Crippen molar-refractivity contribution >= 4 is 11.3 Å². The Labute approximate surface area is 148 Å². The van der Waals surface area contributed by atoms with Gasteiger partial charge in [0, 0.05) is 24.7 Å². The maximum Gasteiger partial charge on any atom is 0.251 e. The molecular formula is C17H19N5O2S. The summed E-state index contributed by atoms with van der Waals surface area (Å²) in [6, 6.07) is 5.64. The molecule has 8 heteroatoms. The summed E-state index contributed by atoms with van der Waals surface area (Å²) >= 11 is 1.69. The second-order valence-corrected chi connectivity index (χ2v) is 7.01. The van der Waals surface area contributed by atoms with E-state index in [0.29, 0.717) is 19.0 Å². The Kier molecular flexibility index (Phi) is 4.48. The Morgan fingerprint density at radius 3 is 3.20 bits per heavy atom. The fourth-order valence-electron chi connectivity index (χ4n) is 3.16. The van der Waals surface area contributed by atoms with E-state index in [-0.39, 0.29) is 11.6 Å². The Hall–Kier alpha value is -2.29. The van der Waals surface area contributed by atoms with Crippen molar-refractivity contribution < 1.29 is 4.74 Å². The van der Waals surface area contributed by atoms with E-state index in [1.807, 2.05) is 12.3 Å². The van der Waals surface area contributed by atoms with E-state index < -0.39 is 0 Å². The number of ether oxygens (including phenoxy) is 1. The summed E-state index contributed by atoms with van der Waals surface area (Å²) in [7, 11) is 0. The largest absolute Gasteiger partial charge is 0.378 e. The number of nitrogens with one attached hydrogen (secondary N) is 2. The van der Waals surface area contributed by atoms with Crippen LogP contribution in [0.4, 0.5) is 0 Å². The zero-order valence-corrected chi connectivity index (χ0v) is 14.7. The number of aryl methyl sites for hydroxylation is 1. The predicted molar refractivity (Wildman–Crippen MR) is 95.5 cm³/mol. The smallest absolute Gasteiger partial charge is 0.251 e. The molecule has 0 amide bonds. The lowest BCUT2D eigenvalue weighted by Crippen LogP contribution is -2.40. The van der Waals surface area contributed by atoms with Crippen molar-refractivity contribution in [2.75, 3.05) is 19.8 Å². The fraction of sp³-hybridized carbons (Fsp3) is 0.353. The number of morpholine rings is 1. The molecule has 1 atom stereocenters. The molecule has 130 valence electrons. The number of H-pyrrole nitrogens is 2. The molecule has 25 heavy (non-hydrogen) atoms. The second kappa shape index (κ2) is 6.91. The van der Waals surface area contributed by atoms with Gasteiger partial charge in [-0.1, -0.05) is 6.07 Å². The van der Waals surface area contributed by atoms with Gasteiger partial charge in [0.05, 0.1) is 41.7 Å². The first-order valence-corrected chi connectivity index (χ1v) is 9.04. The van der Waals surface area contributed by atoms with Gasteiger partial charge in [0.1, 0.15) is 5.82 Å². The molecule has 1 fully saturated rings. The number of thiophene rings is 1. The monoisotopic (exact) mass is 357 g/mol. The SMILES string of the molecule is Cc1nc([C@@H]2COCCN2Cc2cn[nH]c2-c2cccs2)cc(=O)[nH]1. The first kappa shape index (κ1) is 16.2. The van der Waals surface area contributed by atoms with Gasteiger partial charge in [-0.05, 0) is 18.4 Å². The van der Waals surface area contributed by atoms with Crippen LogP contribution in [0.5, 0.6) is 0 Å².